The summed E-state index contributed by atoms with van der Waals surface area (Å²) in [5.41, 5.74) is 17.5. The van der Waals surface area contributed by atoms with Crippen molar-refractivity contribution in [3.05, 3.63) is 222 Å². The monoisotopic (exact) mass is 810 g/mol. The molecule has 7 aromatic carbocycles. The predicted molar refractivity (Wildman–Crippen MR) is 266 cm³/mol. The lowest BCUT2D eigenvalue weighted by molar-refractivity contribution is 0.572. The van der Waals surface area contributed by atoms with Crippen LogP contribution in [-0.2, 0) is 0 Å². The van der Waals surface area contributed by atoms with E-state index in [2.05, 4.69) is 222 Å². The third kappa shape index (κ3) is 6.78. The molecule has 0 bridgehead atoms. The highest BCUT2D eigenvalue weighted by Crippen LogP contribution is 2.40. The van der Waals surface area contributed by atoms with Gasteiger partial charge in [0.15, 0.2) is 0 Å². The van der Waals surface area contributed by atoms with Crippen LogP contribution in [0.25, 0.3) is 78.4 Å². The number of furan rings is 1. The van der Waals surface area contributed by atoms with Gasteiger partial charge in [-0.05, 0) is 156 Å². The van der Waals surface area contributed by atoms with Crippen LogP contribution in [0, 0.1) is 0 Å². The summed E-state index contributed by atoms with van der Waals surface area (Å²) in [5, 5.41) is 4.94. The zero-order valence-corrected chi connectivity index (χ0v) is 35.1. The Kier molecular flexibility index (Phi) is 9.26. The topological polar surface area (TPSA) is 21.3 Å². The average molecular weight is 811 g/mol. The zero-order valence-electron chi connectivity index (χ0n) is 35.1. The van der Waals surface area contributed by atoms with Crippen LogP contribution in [0.5, 0.6) is 0 Å². The molecule has 2 heterocycles. The second-order valence-corrected chi connectivity index (χ2v) is 17.0. The molecule has 3 heteroatoms. The van der Waals surface area contributed by atoms with Crippen LogP contribution >= 0.6 is 0 Å². The number of nitrogens with zero attached hydrogens (tertiary/aromatic N) is 2. The maximum atomic E-state index is 6.32. The molecular formula is C60H46N2O. The van der Waals surface area contributed by atoms with Crippen molar-refractivity contribution >= 4 is 67.6 Å². The van der Waals surface area contributed by atoms with Gasteiger partial charge in [0.25, 0.3) is 0 Å². The van der Waals surface area contributed by atoms with Gasteiger partial charge in [0.1, 0.15) is 11.0 Å². The lowest BCUT2D eigenvalue weighted by atomic mass is 9.86. The number of aromatic nitrogens is 1. The van der Waals surface area contributed by atoms with E-state index in [1.807, 2.05) is 0 Å². The van der Waals surface area contributed by atoms with E-state index < -0.39 is 0 Å². The smallest absolute Gasteiger partial charge is 0.136 e. The molecule has 1 atom stereocenters. The van der Waals surface area contributed by atoms with Gasteiger partial charge in [0, 0.05) is 50.0 Å². The quantitative estimate of drug-likeness (QED) is 0.152. The van der Waals surface area contributed by atoms with Crippen molar-refractivity contribution in [3.63, 3.8) is 0 Å². The van der Waals surface area contributed by atoms with Gasteiger partial charge < -0.3 is 13.9 Å². The summed E-state index contributed by atoms with van der Waals surface area (Å²) < 4.78 is 8.70. The third-order valence-corrected chi connectivity index (χ3v) is 13.2. The van der Waals surface area contributed by atoms with Crippen molar-refractivity contribution in [1.82, 2.24) is 4.57 Å². The van der Waals surface area contributed by atoms with E-state index in [-0.39, 0.29) is 0 Å². The Hall–Kier alpha value is -7.62. The van der Waals surface area contributed by atoms with Crippen molar-refractivity contribution in [2.24, 2.45) is 0 Å². The molecule has 0 spiro atoms. The molecule has 1 unspecified atom stereocenters. The highest BCUT2D eigenvalue weighted by Gasteiger charge is 2.18. The van der Waals surface area contributed by atoms with E-state index in [0.29, 0.717) is 5.92 Å². The first-order valence-corrected chi connectivity index (χ1v) is 22.4. The fourth-order valence-corrected chi connectivity index (χ4v) is 9.98. The Morgan fingerprint density at radius 3 is 1.81 bits per heavy atom. The number of hydrogen-bond donors (Lipinski definition) is 0. The van der Waals surface area contributed by atoms with Crippen LogP contribution in [-0.4, -0.2) is 4.57 Å². The van der Waals surface area contributed by atoms with Gasteiger partial charge in [-0.2, -0.15) is 0 Å². The largest absolute Gasteiger partial charge is 0.456 e. The van der Waals surface area contributed by atoms with E-state index in [9.17, 15) is 0 Å². The van der Waals surface area contributed by atoms with Crippen molar-refractivity contribution in [1.29, 1.82) is 0 Å². The van der Waals surface area contributed by atoms with Crippen molar-refractivity contribution in [2.45, 2.75) is 38.0 Å². The van der Waals surface area contributed by atoms with Crippen LogP contribution in [0.2, 0.25) is 0 Å². The molecular weight excluding hydrogens is 765 g/mol. The average Bonchev–Trinajstić information content (AvgIpc) is 3.91. The van der Waals surface area contributed by atoms with Crippen LogP contribution in [0.3, 0.4) is 0 Å². The number of para-hydroxylation sites is 2. The second-order valence-electron chi connectivity index (χ2n) is 17.0. The van der Waals surface area contributed by atoms with E-state index in [1.54, 1.807) is 0 Å². The van der Waals surface area contributed by atoms with E-state index in [0.717, 1.165) is 77.0 Å². The predicted octanol–water partition coefficient (Wildman–Crippen LogP) is 15.0. The molecule has 0 radical (unpaired) electrons. The lowest BCUT2D eigenvalue weighted by Crippen LogP contribution is -2.21. The number of benzene rings is 7. The summed E-state index contributed by atoms with van der Waals surface area (Å²) >= 11 is 0. The van der Waals surface area contributed by atoms with Gasteiger partial charge >= 0.3 is 0 Å². The number of rotatable bonds is 8. The summed E-state index contributed by atoms with van der Waals surface area (Å²) in [6.45, 7) is 0. The minimum Gasteiger partial charge on any atom is -0.456 e. The summed E-state index contributed by atoms with van der Waals surface area (Å²) in [6.07, 6.45) is 25.8. The third-order valence-electron chi connectivity index (χ3n) is 13.2. The first-order chi connectivity index (χ1) is 31.2. The normalized spacial score (nSPS) is 15.6. The standard InChI is InChI=1S/C60H46N2O/c1-3-13-41(14-4-1)46-37-47(42-15-5-2-6-16-42)39-48(38-46)44-25-30-50(31-26-44)61(49-28-23-43(24-29-49)45-27-36-56-55-19-9-12-22-59(55)63-60(56)40-45)51-32-34-52(35-33-51)62-57-20-10-7-17-53(57)54-18-8-11-21-58(54)62/h1,3-5,7-8,10-11,13,15-41H,2,6,9,12,14H2. The molecule has 0 fully saturated rings. The molecule has 2 aromatic heterocycles. The minimum absolute atomic E-state index is 0.369. The van der Waals surface area contributed by atoms with Crippen molar-refractivity contribution in [2.75, 3.05) is 4.90 Å². The maximum Gasteiger partial charge on any atom is 0.136 e. The molecule has 0 aliphatic heterocycles. The lowest BCUT2D eigenvalue weighted by Gasteiger charge is -2.26. The Labute approximate surface area is 367 Å². The molecule has 302 valence electrons. The van der Waals surface area contributed by atoms with E-state index in [1.165, 1.54) is 60.2 Å². The van der Waals surface area contributed by atoms with Gasteiger partial charge in [-0.15, -0.1) is 0 Å². The maximum absolute atomic E-state index is 6.32. The zero-order chi connectivity index (χ0) is 41.7. The molecule has 0 saturated heterocycles. The van der Waals surface area contributed by atoms with Gasteiger partial charge in [-0.25, -0.2) is 0 Å². The molecule has 0 amide bonds. The summed E-state index contributed by atoms with van der Waals surface area (Å²) in [4.78, 5) is 2.37. The van der Waals surface area contributed by atoms with Crippen LogP contribution in [0.4, 0.5) is 17.1 Å². The van der Waals surface area contributed by atoms with Crippen molar-refractivity contribution in [3.8, 4) is 27.9 Å². The Balaban J connectivity index is 0.938. The molecule has 3 nitrogen and oxygen atoms in total. The fraction of sp³-hybridized carbons (Fsp3) is 0.100. The molecule has 63 heavy (non-hydrogen) atoms. The minimum atomic E-state index is 0.369. The van der Waals surface area contributed by atoms with Crippen LogP contribution in [0.1, 0.15) is 49.1 Å². The Morgan fingerprint density at radius 2 is 1.13 bits per heavy atom. The van der Waals surface area contributed by atoms with Crippen molar-refractivity contribution < 1.29 is 4.42 Å². The van der Waals surface area contributed by atoms with E-state index in [4.69, 9.17) is 4.42 Å². The molecule has 3 aliphatic rings. The highest BCUT2D eigenvalue weighted by molar-refractivity contribution is 6.09. The van der Waals surface area contributed by atoms with E-state index >= 15 is 0 Å². The Morgan fingerprint density at radius 1 is 0.492 bits per heavy atom. The molecule has 0 saturated carbocycles. The summed E-state index contributed by atoms with van der Waals surface area (Å²) in [6, 6.07) is 58.3. The summed E-state index contributed by atoms with van der Waals surface area (Å²) in [5.74, 6) is 0.369. The van der Waals surface area contributed by atoms with Crippen LogP contribution in [0.15, 0.2) is 205 Å². The first-order valence-electron chi connectivity index (χ1n) is 22.4. The van der Waals surface area contributed by atoms with Gasteiger partial charge in [0.05, 0.1) is 11.0 Å². The fourth-order valence-electron chi connectivity index (χ4n) is 9.98. The Bertz CT molecular complexity index is 3410. The number of allylic oxidation sites excluding steroid dienone is 8. The molecule has 12 rings (SSSR count). The number of anilines is 3. The molecule has 3 aliphatic carbocycles. The first kappa shape index (κ1) is 37.2. The number of hydrogen-bond acceptors (Lipinski definition) is 2. The van der Waals surface area contributed by atoms with Gasteiger partial charge in [0.2, 0.25) is 0 Å². The van der Waals surface area contributed by atoms with Crippen LogP contribution < -0.4 is 15.5 Å². The molecule has 9 aromatic rings. The summed E-state index contributed by atoms with van der Waals surface area (Å²) in [7, 11) is 0. The SMILES string of the molecule is C1=CCC(c2cc(C3=CCCC=C3)cc(-c3ccc(N(c4ccc(-c5ccc6c7c(oc6c5)=CCCC=7)cc4)c4ccc(-n5c6ccccc6c6ccccc65)cc4)cc3)c2)C=C1. The molecule has 0 N–H and O–H groups in total. The second kappa shape index (κ2) is 15.7. The van der Waals surface area contributed by atoms with Gasteiger partial charge in [-0.3, -0.25) is 0 Å². The number of fused-ring (bicyclic) bond motifs is 6. The highest BCUT2D eigenvalue weighted by atomic mass is 16.3. The van der Waals surface area contributed by atoms with Gasteiger partial charge in [-0.1, -0.05) is 127 Å².